The molecule has 0 N–H and O–H groups in total. The normalized spacial score (nSPS) is 11.7. The van der Waals surface area contributed by atoms with Gasteiger partial charge in [0.25, 0.3) is 0 Å². The molecule has 0 spiro atoms. The fourth-order valence-corrected chi connectivity index (χ4v) is 27.8. The van der Waals surface area contributed by atoms with Crippen LogP contribution in [0.15, 0.2) is 516 Å². The van der Waals surface area contributed by atoms with Gasteiger partial charge in [0.05, 0.1) is 27.6 Å². The summed E-state index contributed by atoms with van der Waals surface area (Å²) in [7, 11) is 0. The third-order valence-electron chi connectivity index (χ3n) is 30.0. The zero-order valence-electron chi connectivity index (χ0n) is 80.9. The van der Waals surface area contributed by atoms with E-state index < -0.39 is 0 Å². The lowest BCUT2D eigenvalue weighted by atomic mass is 9.90. The molecule has 32 aromatic rings. The van der Waals surface area contributed by atoms with Gasteiger partial charge in [-0.25, -0.2) is 0 Å². The SMILES string of the molecule is c1cc(-c2ccnc3c2ccc2ccccc23)cc(-c2cccc3c2sc2ccccc23)c1.c1cc(-c2cnc3c(ccc4ccccc43)c2)cc(-c2cccc3c2sc2ccccc23)c1.c1ccc2c(-c3ccc4ccc5cccnc5c4c3)cc(-c3cccc4c3sc3ccccc34)cc2c1.c1ccc2c(c1)ccc1c(-c3cc(-c4ccnc5c4ccc4ccccc45)cc(-c4cccc5c4sc4ccccc45)c3)ccnc12. The molecule has 0 fully saturated rings. The highest BCUT2D eigenvalue weighted by Gasteiger charge is 2.23. The van der Waals surface area contributed by atoms with Gasteiger partial charge in [0, 0.05) is 171 Å². The summed E-state index contributed by atoms with van der Waals surface area (Å²) < 4.78 is 10.7. The summed E-state index contributed by atoms with van der Waals surface area (Å²) in [4.78, 5) is 24.1. The smallest absolute Gasteiger partial charge is 0.0786 e. The van der Waals surface area contributed by atoms with Gasteiger partial charge in [-0.2, -0.15) is 0 Å². The molecule has 0 aliphatic carbocycles. The zero-order chi connectivity index (χ0) is 98.8. The highest BCUT2D eigenvalue weighted by molar-refractivity contribution is 7.27. The van der Waals surface area contributed by atoms with E-state index in [0.29, 0.717) is 0 Å². The summed E-state index contributed by atoms with van der Waals surface area (Å²) in [5.74, 6) is 0. The Morgan fingerprint density at radius 2 is 0.407 bits per heavy atom. The topological polar surface area (TPSA) is 64.5 Å². The Labute approximate surface area is 879 Å². The van der Waals surface area contributed by atoms with Crippen LogP contribution in [-0.2, 0) is 0 Å². The molecule has 0 atom stereocenters. The van der Waals surface area contributed by atoms with E-state index in [1.54, 1.807) is 0 Å². The number of aromatic nitrogens is 5. The maximum absolute atomic E-state index is 4.89. The van der Waals surface area contributed by atoms with Gasteiger partial charge in [-0.15, -0.1) is 45.3 Å². The van der Waals surface area contributed by atoms with E-state index in [-0.39, 0.29) is 0 Å². The first-order chi connectivity index (χ1) is 74.3. The molecule has 23 aromatic carbocycles. The number of hydrogen-bond acceptors (Lipinski definition) is 9. The predicted octanol–water partition coefficient (Wildman–Crippen LogP) is 40.9. The van der Waals surface area contributed by atoms with Crippen LogP contribution in [0.2, 0.25) is 0 Å². The van der Waals surface area contributed by atoms with Crippen molar-refractivity contribution in [2.24, 2.45) is 0 Å². The summed E-state index contributed by atoms with van der Waals surface area (Å²) in [5, 5.41) is 31.0. The average molecular weight is 1980 g/mol. The quantitative estimate of drug-likeness (QED) is 0.135. The van der Waals surface area contributed by atoms with Crippen molar-refractivity contribution < 1.29 is 0 Å². The van der Waals surface area contributed by atoms with E-state index in [1.807, 2.05) is 82.4 Å². The highest BCUT2D eigenvalue weighted by atomic mass is 32.1. The van der Waals surface area contributed by atoms with Crippen molar-refractivity contribution in [3.8, 4) is 100 Å². The van der Waals surface area contributed by atoms with E-state index in [4.69, 9.17) is 24.9 Å². The molecule has 9 heteroatoms. The van der Waals surface area contributed by atoms with Crippen molar-refractivity contribution in [1.29, 1.82) is 0 Å². The van der Waals surface area contributed by atoms with Gasteiger partial charge in [0.2, 0.25) is 0 Å². The lowest BCUT2D eigenvalue weighted by molar-refractivity contribution is 1.42. The van der Waals surface area contributed by atoms with Crippen LogP contribution in [0.5, 0.6) is 0 Å². The molecule has 9 heterocycles. The lowest BCUT2D eigenvalue weighted by Crippen LogP contribution is -1.91. The molecular weight excluding hydrogens is 1890 g/mol. The summed E-state index contributed by atoms with van der Waals surface area (Å²) >= 11 is 7.51. The van der Waals surface area contributed by atoms with E-state index in [0.717, 1.165) is 43.9 Å². The van der Waals surface area contributed by atoms with E-state index in [1.165, 1.54) is 256 Å². The Balaban J connectivity index is 0.0000000949. The second-order valence-electron chi connectivity index (χ2n) is 38.6. The second kappa shape index (κ2) is 36.9. The molecule has 9 aromatic heterocycles. The third kappa shape index (κ3) is 15.4. The first-order valence-corrected chi connectivity index (χ1v) is 54.0. The molecule has 0 radical (unpaired) electrons. The number of nitrogens with zero attached hydrogens (tertiary/aromatic N) is 5. The fraction of sp³-hybridized carbons (Fsp3) is 0. The minimum atomic E-state index is 1.03. The third-order valence-corrected chi connectivity index (χ3v) is 34.9. The largest absolute Gasteiger partial charge is 0.256 e. The van der Waals surface area contributed by atoms with Crippen molar-refractivity contribution in [3.63, 3.8) is 0 Å². The van der Waals surface area contributed by atoms with Crippen molar-refractivity contribution >= 4 is 245 Å². The van der Waals surface area contributed by atoms with Crippen LogP contribution in [-0.4, -0.2) is 24.9 Å². The van der Waals surface area contributed by atoms with E-state index in [9.17, 15) is 0 Å². The molecule has 5 nitrogen and oxygen atoms in total. The molecule has 0 amide bonds. The number of fused-ring (bicyclic) bond motifs is 28. The summed E-state index contributed by atoms with van der Waals surface area (Å²) in [6.45, 7) is 0. The molecule has 0 unspecified atom stereocenters. The van der Waals surface area contributed by atoms with Gasteiger partial charge in [-0.1, -0.05) is 382 Å². The average Bonchev–Trinajstić information content (AvgIpc) is 1.49. The molecule has 698 valence electrons. The van der Waals surface area contributed by atoms with E-state index >= 15 is 0 Å². The number of thiophene rings is 4. The number of benzene rings is 23. The molecule has 0 bridgehead atoms. The van der Waals surface area contributed by atoms with Crippen molar-refractivity contribution in [3.05, 3.63) is 516 Å². The first kappa shape index (κ1) is 88.1. The highest BCUT2D eigenvalue weighted by Crippen LogP contribution is 2.50. The van der Waals surface area contributed by atoms with Crippen molar-refractivity contribution in [1.82, 2.24) is 24.9 Å². The van der Waals surface area contributed by atoms with Gasteiger partial charge >= 0.3 is 0 Å². The van der Waals surface area contributed by atoms with Gasteiger partial charge in [-0.05, 0) is 235 Å². The number of pyridine rings is 5. The van der Waals surface area contributed by atoms with Gasteiger partial charge in [0.1, 0.15) is 0 Å². The van der Waals surface area contributed by atoms with Crippen LogP contribution in [0.3, 0.4) is 0 Å². The van der Waals surface area contributed by atoms with Crippen LogP contribution in [0.25, 0.3) is 300 Å². The predicted molar refractivity (Wildman–Crippen MR) is 648 cm³/mol. The molecule has 0 saturated heterocycles. The Hall–Kier alpha value is -18.5. The molecule has 0 aliphatic heterocycles. The van der Waals surface area contributed by atoms with Crippen molar-refractivity contribution in [2.75, 3.05) is 0 Å². The standard InChI is InChI=1S/C44H26N2S.C35H21NS.2C31H19NS/c1-3-10-34-27(8-1)16-18-38-32(20-22-45-42(34)38)29-24-30(33-21-23-46-43-35-11-4-2-9-28(35)17-19-39(33)43)26-31(25-29)36-13-7-14-40-37-12-5-6-15-41(37)47-44(36)40;1-2-9-27-24(7-1)19-26(28-11-5-12-30-29-10-3-4-13-33(29)37-35(28)30)21-31(27)25-17-15-22-14-16-23-8-6-18-36-34(23)32(22)20-25;1-2-10-25-20(7-1)15-16-23-18-24(19-32-30(23)25)21-8-5-9-22(17-21)26-12-6-13-28-27-11-3-4-14-29(27)33-31(26)28;1-2-10-24-20(7-1)15-16-27-23(17-18-32-30(24)27)21-8-5-9-22(19-21)25-12-6-13-28-26-11-3-4-14-29(26)33-31(25)28/h1-26H;1-21H;2*1-19H. The minimum absolute atomic E-state index is 1.03. The van der Waals surface area contributed by atoms with E-state index in [2.05, 4.69) is 479 Å². The Morgan fingerprint density at radius 1 is 0.120 bits per heavy atom. The minimum Gasteiger partial charge on any atom is -0.256 e. The van der Waals surface area contributed by atoms with Crippen LogP contribution in [0, 0.1) is 0 Å². The Morgan fingerprint density at radius 3 is 0.867 bits per heavy atom. The van der Waals surface area contributed by atoms with Gasteiger partial charge in [-0.3, -0.25) is 24.9 Å². The van der Waals surface area contributed by atoms with Crippen LogP contribution in [0.1, 0.15) is 0 Å². The van der Waals surface area contributed by atoms with Crippen LogP contribution < -0.4 is 0 Å². The fourth-order valence-electron chi connectivity index (χ4n) is 22.9. The van der Waals surface area contributed by atoms with Crippen LogP contribution >= 0.6 is 45.3 Å². The number of rotatable bonds is 9. The molecule has 0 saturated carbocycles. The van der Waals surface area contributed by atoms with Gasteiger partial charge in [0.15, 0.2) is 0 Å². The van der Waals surface area contributed by atoms with Crippen LogP contribution in [0.4, 0.5) is 0 Å². The summed E-state index contributed by atoms with van der Waals surface area (Å²) in [6.07, 6.45) is 9.74. The molecular formula is C141H85N5S4. The maximum Gasteiger partial charge on any atom is 0.0786 e. The van der Waals surface area contributed by atoms with Crippen molar-refractivity contribution in [2.45, 2.75) is 0 Å². The lowest BCUT2D eigenvalue weighted by Gasteiger charge is -2.15. The molecule has 0 aliphatic rings. The maximum atomic E-state index is 4.89. The van der Waals surface area contributed by atoms with Gasteiger partial charge < -0.3 is 0 Å². The first-order valence-electron chi connectivity index (χ1n) is 50.7. The Kier molecular flexibility index (Phi) is 21.7. The monoisotopic (exact) mass is 1980 g/mol. The second-order valence-corrected chi connectivity index (χ2v) is 42.8. The Bertz CT molecular complexity index is 11000. The summed E-state index contributed by atoms with van der Waals surface area (Å²) in [6, 6.07) is 175. The zero-order valence-corrected chi connectivity index (χ0v) is 84.2. The molecule has 150 heavy (non-hydrogen) atoms. The molecule has 32 rings (SSSR count). The number of hydrogen-bond donors (Lipinski definition) is 0. The summed E-state index contributed by atoms with van der Waals surface area (Å²) in [5.41, 5.74) is 27.2.